The van der Waals surface area contributed by atoms with Crippen molar-refractivity contribution >= 4 is 39.7 Å². The molecule has 39 heavy (non-hydrogen) atoms. The summed E-state index contributed by atoms with van der Waals surface area (Å²) in [6.45, 7) is 3.05. The highest BCUT2D eigenvalue weighted by Gasteiger charge is 2.30. The average Bonchev–Trinajstić information content (AvgIpc) is 3.46. The van der Waals surface area contributed by atoms with Gasteiger partial charge in [0.15, 0.2) is 11.5 Å². The van der Waals surface area contributed by atoms with Crippen molar-refractivity contribution in [3.05, 3.63) is 69.8 Å². The number of aromatic nitrogens is 2. The van der Waals surface area contributed by atoms with Gasteiger partial charge in [-0.3, -0.25) is 14.6 Å². The lowest BCUT2D eigenvalue weighted by Gasteiger charge is -2.31. The van der Waals surface area contributed by atoms with Crippen LogP contribution in [0.25, 0.3) is 10.9 Å². The second-order valence-electron chi connectivity index (χ2n) is 9.30. The van der Waals surface area contributed by atoms with Gasteiger partial charge < -0.3 is 24.4 Å². The number of rotatable bonds is 7. The third kappa shape index (κ3) is 5.24. The van der Waals surface area contributed by atoms with Crippen molar-refractivity contribution in [1.29, 1.82) is 0 Å². The van der Waals surface area contributed by atoms with Crippen molar-refractivity contribution in [2.45, 2.75) is 25.7 Å². The molecule has 0 saturated carbocycles. The Morgan fingerprint density at radius 1 is 0.974 bits per heavy atom. The van der Waals surface area contributed by atoms with Crippen molar-refractivity contribution < 1.29 is 23.8 Å². The molecule has 9 nitrogen and oxygen atoms in total. The molecule has 3 heterocycles. The Balaban J connectivity index is 1.25. The number of ether oxygens (including phenoxy) is 3. The summed E-state index contributed by atoms with van der Waals surface area (Å²) < 4.78 is 16.3. The minimum absolute atomic E-state index is 0.120. The Hall–Kier alpha value is -4.18. The van der Waals surface area contributed by atoms with Crippen LogP contribution in [0.15, 0.2) is 47.8 Å². The van der Waals surface area contributed by atoms with Gasteiger partial charge in [-0.2, -0.15) is 0 Å². The van der Waals surface area contributed by atoms with E-state index < -0.39 is 0 Å². The summed E-state index contributed by atoms with van der Waals surface area (Å²) in [5, 5.41) is 6.60. The summed E-state index contributed by atoms with van der Waals surface area (Å²) in [4.78, 5) is 37.4. The third-order valence-electron chi connectivity index (χ3n) is 6.91. The summed E-state index contributed by atoms with van der Waals surface area (Å²) in [7, 11) is 4.57. The number of nitrogens with zero attached hydrogens (tertiary/aromatic N) is 3. The number of fused-ring (bicyclic) bond motifs is 1. The molecule has 5 rings (SSSR count). The number of carbonyl (C=O) groups excluding carboxylic acids is 2. The van der Waals surface area contributed by atoms with Gasteiger partial charge in [0.2, 0.25) is 5.75 Å². The maximum atomic E-state index is 13.4. The van der Waals surface area contributed by atoms with Gasteiger partial charge in [-0.05, 0) is 44.0 Å². The molecule has 2 aromatic heterocycles. The van der Waals surface area contributed by atoms with Crippen molar-refractivity contribution in [3.63, 3.8) is 0 Å². The molecule has 1 N–H and O–H groups in total. The molecule has 1 saturated heterocycles. The molecule has 1 aliphatic rings. The zero-order valence-corrected chi connectivity index (χ0v) is 23.1. The van der Waals surface area contributed by atoms with Gasteiger partial charge in [0.1, 0.15) is 5.69 Å². The SMILES string of the molecule is COc1ccc(C(=O)N2CCC(c3nc(C(=O)Nc4cc(C)nc5ccccc45)cs3)CC2)c(OC)c1OC. The first-order valence-corrected chi connectivity index (χ1v) is 13.5. The zero-order valence-electron chi connectivity index (χ0n) is 22.3. The van der Waals surface area contributed by atoms with Crippen molar-refractivity contribution in [1.82, 2.24) is 14.9 Å². The van der Waals surface area contributed by atoms with E-state index in [0.29, 0.717) is 41.6 Å². The van der Waals surface area contributed by atoms with Crippen molar-refractivity contribution in [2.75, 3.05) is 39.7 Å². The molecule has 202 valence electrons. The van der Waals surface area contributed by atoms with E-state index in [1.807, 2.05) is 42.2 Å². The molecule has 0 aliphatic carbocycles. The Kier molecular flexibility index (Phi) is 7.65. The first-order valence-electron chi connectivity index (χ1n) is 12.6. The lowest BCUT2D eigenvalue weighted by Crippen LogP contribution is -2.38. The fourth-order valence-electron chi connectivity index (χ4n) is 4.95. The monoisotopic (exact) mass is 546 g/mol. The van der Waals surface area contributed by atoms with Gasteiger partial charge in [0.25, 0.3) is 11.8 Å². The standard InChI is InChI=1S/C29H30N4O5S/c1-17-15-22(19-7-5-6-8-21(19)30-17)31-27(34)23-16-39-28(32-23)18-11-13-33(14-12-18)29(35)20-9-10-24(36-2)26(38-4)25(20)37-3/h5-10,15-16,18H,11-14H2,1-4H3,(H,30,31,34). The van der Waals surface area contributed by atoms with E-state index in [1.54, 1.807) is 24.6 Å². The molecule has 10 heteroatoms. The van der Waals surface area contributed by atoms with E-state index in [0.717, 1.165) is 40.1 Å². The van der Waals surface area contributed by atoms with Crippen LogP contribution in [0, 0.1) is 6.92 Å². The second kappa shape index (κ2) is 11.3. The number of anilines is 1. The largest absolute Gasteiger partial charge is 0.493 e. The number of benzene rings is 2. The number of para-hydroxylation sites is 1. The molecule has 0 radical (unpaired) electrons. The van der Waals surface area contributed by atoms with E-state index in [1.165, 1.54) is 25.6 Å². The topological polar surface area (TPSA) is 103 Å². The van der Waals surface area contributed by atoms with Crippen LogP contribution < -0.4 is 19.5 Å². The van der Waals surface area contributed by atoms with Crippen LogP contribution in [0.3, 0.4) is 0 Å². The van der Waals surface area contributed by atoms with Gasteiger partial charge in [0.05, 0.1) is 43.1 Å². The zero-order chi connectivity index (χ0) is 27.5. The molecule has 1 aliphatic heterocycles. The fraction of sp³-hybridized carbons (Fsp3) is 0.310. The third-order valence-corrected chi connectivity index (χ3v) is 7.92. The van der Waals surface area contributed by atoms with Crippen LogP contribution in [0.4, 0.5) is 5.69 Å². The van der Waals surface area contributed by atoms with E-state index in [4.69, 9.17) is 14.2 Å². The van der Waals surface area contributed by atoms with Crippen LogP contribution in [0.1, 0.15) is 50.3 Å². The lowest BCUT2D eigenvalue weighted by molar-refractivity contribution is 0.0708. The van der Waals surface area contributed by atoms with Crippen molar-refractivity contribution in [2.24, 2.45) is 0 Å². The Bertz CT molecular complexity index is 1530. The quantitative estimate of drug-likeness (QED) is 0.336. The van der Waals surface area contributed by atoms with Crippen LogP contribution in [-0.4, -0.2) is 61.1 Å². The molecule has 4 aromatic rings. The minimum Gasteiger partial charge on any atom is -0.493 e. The van der Waals surface area contributed by atoms with Gasteiger partial charge in [-0.15, -0.1) is 11.3 Å². The summed E-state index contributed by atoms with van der Waals surface area (Å²) in [5.41, 5.74) is 3.20. The number of likely N-dealkylation sites (tertiary alicyclic amines) is 1. The maximum absolute atomic E-state index is 13.4. The number of piperidine rings is 1. The highest BCUT2D eigenvalue weighted by molar-refractivity contribution is 7.10. The number of methoxy groups -OCH3 is 3. The molecule has 2 amide bonds. The van der Waals surface area contributed by atoms with Gasteiger partial charge in [0, 0.05) is 35.5 Å². The molecule has 2 aromatic carbocycles. The second-order valence-corrected chi connectivity index (χ2v) is 10.2. The molecule has 0 atom stereocenters. The first-order chi connectivity index (χ1) is 18.9. The maximum Gasteiger partial charge on any atom is 0.275 e. The number of thiazole rings is 1. The highest BCUT2D eigenvalue weighted by atomic mass is 32.1. The van der Waals surface area contributed by atoms with E-state index in [2.05, 4.69) is 15.3 Å². The Labute approximate surface area is 230 Å². The van der Waals surface area contributed by atoms with E-state index in [-0.39, 0.29) is 17.7 Å². The van der Waals surface area contributed by atoms with Crippen LogP contribution in [0.5, 0.6) is 17.2 Å². The predicted octanol–water partition coefficient (Wildman–Crippen LogP) is 5.30. The number of hydrogen-bond acceptors (Lipinski definition) is 8. The van der Waals surface area contributed by atoms with Gasteiger partial charge in [-0.25, -0.2) is 4.98 Å². The van der Waals surface area contributed by atoms with Crippen LogP contribution in [-0.2, 0) is 0 Å². The molecular formula is C29H30N4O5S. The summed E-state index contributed by atoms with van der Waals surface area (Å²) in [6, 6.07) is 13.0. The Morgan fingerprint density at radius 3 is 2.44 bits per heavy atom. The number of pyridine rings is 1. The summed E-state index contributed by atoms with van der Waals surface area (Å²) >= 11 is 1.48. The van der Waals surface area contributed by atoms with Crippen LogP contribution in [0.2, 0.25) is 0 Å². The molecular weight excluding hydrogens is 516 g/mol. The minimum atomic E-state index is -0.249. The Morgan fingerprint density at radius 2 is 1.72 bits per heavy atom. The molecule has 1 fully saturated rings. The highest BCUT2D eigenvalue weighted by Crippen LogP contribution is 2.41. The average molecular weight is 547 g/mol. The van der Waals surface area contributed by atoms with Gasteiger partial charge in [-0.1, -0.05) is 18.2 Å². The van der Waals surface area contributed by atoms with Crippen LogP contribution >= 0.6 is 11.3 Å². The summed E-state index contributed by atoms with van der Waals surface area (Å²) in [6.07, 6.45) is 1.51. The molecule has 0 bridgehead atoms. The number of amides is 2. The summed E-state index contributed by atoms with van der Waals surface area (Å²) in [5.74, 6) is 1.06. The van der Waals surface area contributed by atoms with E-state index >= 15 is 0 Å². The lowest BCUT2D eigenvalue weighted by atomic mass is 9.97. The molecule has 0 spiro atoms. The van der Waals surface area contributed by atoms with Crippen molar-refractivity contribution in [3.8, 4) is 17.2 Å². The first kappa shape index (κ1) is 26.4. The number of hydrogen-bond donors (Lipinski definition) is 1. The number of nitrogens with one attached hydrogen (secondary N) is 1. The number of carbonyl (C=O) groups is 2. The normalized spacial score (nSPS) is 13.8. The van der Waals surface area contributed by atoms with Gasteiger partial charge >= 0.3 is 0 Å². The van der Waals surface area contributed by atoms with E-state index in [9.17, 15) is 9.59 Å². The predicted molar refractivity (Wildman–Crippen MR) is 151 cm³/mol. The smallest absolute Gasteiger partial charge is 0.275 e. The number of aryl methyl sites for hydroxylation is 1. The fourth-order valence-corrected chi connectivity index (χ4v) is 5.92. The molecule has 0 unspecified atom stereocenters.